The molecule has 0 heterocycles. The van der Waals surface area contributed by atoms with Gasteiger partial charge in [-0.15, -0.1) is 11.8 Å². The topological polar surface area (TPSA) is 115 Å². The molecule has 0 saturated heterocycles. The van der Waals surface area contributed by atoms with E-state index in [0.717, 1.165) is 4.90 Å². The van der Waals surface area contributed by atoms with Crippen LogP contribution in [0.1, 0.15) is 15.9 Å². The zero-order valence-corrected chi connectivity index (χ0v) is 25.8. The number of ether oxygens (including phenoxy) is 3. The standard InChI is InChI=1S/C33H30ClN3O6S/c1-41-25-13-15-29(42-2)22(16-25)17-28(37-32(39)21-8-5-4-6-9-21)33(40)35-24-10-7-11-26(19-24)44-20-31(38)36-27-18-23(34)12-14-30(27)43-3/h4-19H,20H2,1-3H3,(H,35,40)(H,36,38)(H,37,39)/b28-17+. The highest BCUT2D eigenvalue weighted by molar-refractivity contribution is 8.00. The molecule has 0 spiro atoms. The maximum absolute atomic E-state index is 13.5. The van der Waals surface area contributed by atoms with Gasteiger partial charge in [0.25, 0.3) is 11.8 Å². The van der Waals surface area contributed by atoms with Crippen LogP contribution in [0.4, 0.5) is 11.4 Å². The number of benzene rings is 4. The Morgan fingerprint density at radius 1 is 0.795 bits per heavy atom. The summed E-state index contributed by atoms with van der Waals surface area (Å²) in [5.41, 5.74) is 1.83. The summed E-state index contributed by atoms with van der Waals surface area (Å²) in [5.74, 6) is 0.345. The summed E-state index contributed by atoms with van der Waals surface area (Å²) in [7, 11) is 4.55. The maximum atomic E-state index is 13.5. The van der Waals surface area contributed by atoms with Crippen LogP contribution in [-0.2, 0) is 9.59 Å². The number of methoxy groups -OCH3 is 3. The van der Waals surface area contributed by atoms with Crippen LogP contribution < -0.4 is 30.2 Å². The summed E-state index contributed by atoms with van der Waals surface area (Å²) in [6.07, 6.45) is 1.52. The van der Waals surface area contributed by atoms with Gasteiger partial charge in [0.15, 0.2) is 0 Å². The normalized spacial score (nSPS) is 10.9. The van der Waals surface area contributed by atoms with Crippen molar-refractivity contribution in [1.82, 2.24) is 5.32 Å². The van der Waals surface area contributed by atoms with Crippen molar-refractivity contribution in [3.05, 3.63) is 113 Å². The van der Waals surface area contributed by atoms with Crippen LogP contribution in [-0.4, -0.2) is 44.8 Å². The van der Waals surface area contributed by atoms with Crippen LogP contribution in [0.25, 0.3) is 6.08 Å². The molecular formula is C33H30ClN3O6S. The molecule has 0 aliphatic carbocycles. The fraction of sp³-hybridized carbons (Fsp3) is 0.121. The smallest absolute Gasteiger partial charge is 0.272 e. The predicted molar refractivity (Wildman–Crippen MR) is 174 cm³/mol. The molecule has 0 bridgehead atoms. The lowest BCUT2D eigenvalue weighted by atomic mass is 10.1. The Morgan fingerprint density at radius 2 is 1.55 bits per heavy atom. The van der Waals surface area contributed by atoms with Crippen LogP contribution >= 0.6 is 23.4 Å². The lowest BCUT2D eigenvalue weighted by Gasteiger charge is -2.14. The summed E-state index contributed by atoms with van der Waals surface area (Å²) in [6.45, 7) is 0. The number of anilines is 2. The molecule has 0 aromatic heterocycles. The Hall–Kier alpha value is -4.93. The zero-order valence-electron chi connectivity index (χ0n) is 24.2. The molecule has 4 aromatic rings. The van der Waals surface area contributed by atoms with E-state index in [0.29, 0.717) is 44.8 Å². The molecule has 11 heteroatoms. The highest BCUT2D eigenvalue weighted by Gasteiger charge is 2.17. The number of halogens is 1. The summed E-state index contributed by atoms with van der Waals surface area (Å²) in [5, 5.41) is 8.82. The third-order valence-electron chi connectivity index (χ3n) is 6.16. The van der Waals surface area contributed by atoms with E-state index >= 15 is 0 Å². The third-order valence-corrected chi connectivity index (χ3v) is 7.39. The molecule has 0 aliphatic rings. The molecular weight excluding hydrogens is 602 g/mol. The van der Waals surface area contributed by atoms with Gasteiger partial charge in [-0.2, -0.15) is 0 Å². The fourth-order valence-electron chi connectivity index (χ4n) is 4.03. The Balaban J connectivity index is 1.51. The second-order valence-electron chi connectivity index (χ2n) is 9.15. The van der Waals surface area contributed by atoms with Crippen molar-refractivity contribution < 1.29 is 28.6 Å². The second-order valence-corrected chi connectivity index (χ2v) is 10.6. The van der Waals surface area contributed by atoms with Crippen LogP contribution in [0, 0.1) is 0 Å². The van der Waals surface area contributed by atoms with Crippen molar-refractivity contribution in [2.24, 2.45) is 0 Å². The van der Waals surface area contributed by atoms with Gasteiger partial charge >= 0.3 is 0 Å². The highest BCUT2D eigenvalue weighted by Crippen LogP contribution is 2.29. The lowest BCUT2D eigenvalue weighted by Crippen LogP contribution is -2.30. The van der Waals surface area contributed by atoms with Crippen molar-refractivity contribution in [3.63, 3.8) is 0 Å². The van der Waals surface area contributed by atoms with Crippen molar-refractivity contribution >= 4 is 58.5 Å². The second kappa shape index (κ2) is 15.5. The van der Waals surface area contributed by atoms with Crippen molar-refractivity contribution in [1.29, 1.82) is 0 Å². The Morgan fingerprint density at radius 3 is 2.27 bits per heavy atom. The van der Waals surface area contributed by atoms with E-state index in [4.69, 9.17) is 25.8 Å². The summed E-state index contributed by atoms with van der Waals surface area (Å²) >= 11 is 7.34. The van der Waals surface area contributed by atoms with Crippen LogP contribution in [0.3, 0.4) is 0 Å². The molecule has 0 aliphatic heterocycles. The minimum absolute atomic E-state index is 0.0155. The van der Waals surface area contributed by atoms with E-state index in [1.165, 1.54) is 39.2 Å². The fourth-order valence-corrected chi connectivity index (χ4v) is 4.95. The molecule has 9 nitrogen and oxygen atoms in total. The maximum Gasteiger partial charge on any atom is 0.272 e. The average Bonchev–Trinajstić information content (AvgIpc) is 3.04. The Labute approximate surface area is 264 Å². The summed E-state index contributed by atoms with van der Waals surface area (Å²) in [6, 6.07) is 25.7. The number of carbonyl (C=O) groups is 3. The molecule has 3 N–H and O–H groups in total. The lowest BCUT2D eigenvalue weighted by molar-refractivity contribution is -0.114. The molecule has 0 unspecified atom stereocenters. The van der Waals surface area contributed by atoms with Gasteiger partial charge in [0, 0.05) is 26.7 Å². The van der Waals surface area contributed by atoms with Gasteiger partial charge < -0.3 is 30.2 Å². The average molecular weight is 632 g/mol. The summed E-state index contributed by atoms with van der Waals surface area (Å²) in [4.78, 5) is 40.0. The van der Waals surface area contributed by atoms with Crippen LogP contribution in [0.5, 0.6) is 17.2 Å². The first-order valence-electron chi connectivity index (χ1n) is 13.3. The number of nitrogens with one attached hydrogen (secondary N) is 3. The van der Waals surface area contributed by atoms with E-state index in [-0.39, 0.29) is 17.4 Å². The van der Waals surface area contributed by atoms with E-state index < -0.39 is 11.8 Å². The minimum atomic E-state index is -0.563. The van der Waals surface area contributed by atoms with Gasteiger partial charge in [0.05, 0.1) is 32.8 Å². The van der Waals surface area contributed by atoms with Crippen molar-refractivity contribution in [2.45, 2.75) is 4.90 Å². The van der Waals surface area contributed by atoms with E-state index in [1.54, 1.807) is 84.9 Å². The first-order valence-corrected chi connectivity index (χ1v) is 14.6. The molecule has 0 fully saturated rings. The minimum Gasteiger partial charge on any atom is -0.497 e. The Kier molecular flexibility index (Phi) is 11.3. The van der Waals surface area contributed by atoms with Gasteiger partial charge in [-0.25, -0.2) is 0 Å². The first kappa shape index (κ1) is 32.0. The molecule has 0 radical (unpaired) electrons. The third kappa shape index (κ3) is 8.79. The van der Waals surface area contributed by atoms with Gasteiger partial charge in [0.2, 0.25) is 5.91 Å². The first-order chi connectivity index (χ1) is 21.3. The van der Waals surface area contributed by atoms with Gasteiger partial charge in [-0.1, -0.05) is 35.9 Å². The van der Waals surface area contributed by atoms with Crippen LogP contribution in [0.15, 0.2) is 102 Å². The largest absolute Gasteiger partial charge is 0.497 e. The highest BCUT2D eigenvalue weighted by atomic mass is 35.5. The number of amides is 3. The van der Waals surface area contributed by atoms with E-state index in [1.807, 2.05) is 6.07 Å². The summed E-state index contributed by atoms with van der Waals surface area (Å²) < 4.78 is 16.1. The van der Waals surface area contributed by atoms with Crippen LogP contribution in [0.2, 0.25) is 5.02 Å². The Bertz CT molecular complexity index is 1680. The number of hydrogen-bond acceptors (Lipinski definition) is 7. The van der Waals surface area contributed by atoms with Crippen molar-refractivity contribution in [3.8, 4) is 17.2 Å². The number of thioether (sulfide) groups is 1. The van der Waals surface area contributed by atoms with Crippen molar-refractivity contribution in [2.75, 3.05) is 37.7 Å². The molecule has 226 valence electrons. The molecule has 3 amide bonds. The van der Waals surface area contributed by atoms with E-state index in [9.17, 15) is 14.4 Å². The molecule has 44 heavy (non-hydrogen) atoms. The van der Waals surface area contributed by atoms with Gasteiger partial charge in [0.1, 0.15) is 22.9 Å². The monoisotopic (exact) mass is 631 g/mol. The molecule has 4 aromatic carbocycles. The quantitative estimate of drug-likeness (QED) is 0.121. The van der Waals surface area contributed by atoms with Gasteiger partial charge in [-0.05, 0) is 72.8 Å². The molecule has 0 atom stereocenters. The van der Waals surface area contributed by atoms with Gasteiger partial charge in [-0.3, -0.25) is 14.4 Å². The predicted octanol–water partition coefficient (Wildman–Crippen LogP) is 6.51. The number of hydrogen-bond donors (Lipinski definition) is 3. The molecule has 0 saturated carbocycles. The molecule has 4 rings (SSSR count). The van der Waals surface area contributed by atoms with E-state index in [2.05, 4.69) is 16.0 Å². The zero-order chi connectivity index (χ0) is 31.5. The number of carbonyl (C=O) groups excluding carboxylic acids is 3. The number of rotatable bonds is 12. The SMILES string of the molecule is COc1ccc(OC)c(/C=C(/NC(=O)c2ccccc2)C(=O)Nc2cccc(SCC(=O)Nc3cc(Cl)ccc3OC)c2)c1.